The van der Waals surface area contributed by atoms with Crippen LogP contribution in [0.3, 0.4) is 0 Å². The average Bonchev–Trinajstić information content (AvgIpc) is 3.16. The lowest BCUT2D eigenvalue weighted by Gasteiger charge is -2.31. The Kier molecular flexibility index (Phi) is 5.41. The predicted molar refractivity (Wildman–Crippen MR) is 96.1 cm³/mol. The van der Waals surface area contributed by atoms with Crippen LogP contribution in [0.25, 0.3) is 0 Å². The molecule has 1 aromatic heterocycles. The van der Waals surface area contributed by atoms with E-state index in [1.807, 2.05) is 34.4 Å². The van der Waals surface area contributed by atoms with Gasteiger partial charge in [0.05, 0.1) is 20.6 Å². The van der Waals surface area contributed by atoms with E-state index in [9.17, 15) is 4.79 Å². The van der Waals surface area contributed by atoms with Gasteiger partial charge in [-0.25, -0.2) is 0 Å². The van der Waals surface area contributed by atoms with Crippen LogP contribution >= 0.6 is 11.3 Å². The van der Waals surface area contributed by atoms with E-state index in [4.69, 9.17) is 9.47 Å². The highest BCUT2D eigenvalue weighted by Gasteiger charge is 2.24. The van der Waals surface area contributed by atoms with Gasteiger partial charge in [0.2, 0.25) is 5.91 Å². The van der Waals surface area contributed by atoms with Gasteiger partial charge in [-0.2, -0.15) is 0 Å². The Hall–Kier alpha value is -2.01. The number of carbonyl (C=O) groups excluding carboxylic acids is 1. The normalized spacial score (nSPS) is 15.3. The van der Waals surface area contributed by atoms with Crippen molar-refractivity contribution >= 4 is 17.2 Å². The Labute approximate surface area is 147 Å². The maximum atomic E-state index is 12.6. The van der Waals surface area contributed by atoms with Crippen LogP contribution in [-0.2, 0) is 11.2 Å². The first-order chi connectivity index (χ1) is 11.7. The number of ether oxygens (including phenoxy) is 2. The summed E-state index contributed by atoms with van der Waals surface area (Å²) in [6.07, 6.45) is 2.51. The summed E-state index contributed by atoms with van der Waals surface area (Å²) >= 11 is 1.82. The molecule has 4 nitrogen and oxygen atoms in total. The molecular formula is C19H23NO3S. The van der Waals surface area contributed by atoms with Crippen molar-refractivity contribution < 1.29 is 14.3 Å². The number of amides is 1. The van der Waals surface area contributed by atoms with Crippen LogP contribution in [0, 0.1) is 0 Å². The van der Waals surface area contributed by atoms with Gasteiger partial charge in [0, 0.05) is 18.0 Å². The number of nitrogens with zero attached hydrogens (tertiary/aromatic N) is 1. The monoisotopic (exact) mass is 345 g/mol. The van der Waals surface area contributed by atoms with Crippen LogP contribution in [0.4, 0.5) is 0 Å². The highest BCUT2D eigenvalue weighted by Crippen LogP contribution is 2.32. The number of piperidine rings is 1. The summed E-state index contributed by atoms with van der Waals surface area (Å²) in [4.78, 5) is 16.0. The minimum atomic E-state index is 0.187. The Morgan fingerprint density at radius 3 is 2.54 bits per heavy atom. The van der Waals surface area contributed by atoms with Crippen molar-refractivity contribution in [2.45, 2.75) is 25.2 Å². The van der Waals surface area contributed by atoms with Crippen LogP contribution in [0.1, 0.15) is 29.2 Å². The maximum absolute atomic E-state index is 12.6. The highest BCUT2D eigenvalue weighted by molar-refractivity contribution is 7.10. The van der Waals surface area contributed by atoms with Gasteiger partial charge in [-0.15, -0.1) is 11.3 Å². The Morgan fingerprint density at radius 1 is 1.17 bits per heavy atom. The van der Waals surface area contributed by atoms with E-state index < -0.39 is 0 Å². The third-order valence-electron chi connectivity index (χ3n) is 4.60. The molecule has 1 aliphatic rings. The minimum Gasteiger partial charge on any atom is -0.493 e. The fourth-order valence-electron chi connectivity index (χ4n) is 3.21. The number of methoxy groups -OCH3 is 2. The number of benzene rings is 1. The molecule has 0 bridgehead atoms. The molecule has 1 aliphatic heterocycles. The molecule has 0 unspecified atom stereocenters. The van der Waals surface area contributed by atoms with Crippen LogP contribution in [0.5, 0.6) is 11.5 Å². The van der Waals surface area contributed by atoms with E-state index in [1.165, 1.54) is 4.88 Å². The van der Waals surface area contributed by atoms with Crippen molar-refractivity contribution in [3.63, 3.8) is 0 Å². The van der Waals surface area contributed by atoms with E-state index in [2.05, 4.69) is 17.5 Å². The van der Waals surface area contributed by atoms with Gasteiger partial charge >= 0.3 is 0 Å². The van der Waals surface area contributed by atoms with E-state index >= 15 is 0 Å². The number of hydrogen-bond acceptors (Lipinski definition) is 4. The molecule has 3 rings (SSSR count). The SMILES string of the molecule is COc1ccc(CC(=O)N2CCC(c3cccs3)CC2)cc1OC. The van der Waals surface area contributed by atoms with Crippen molar-refractivity contribution in [1.29, 1.82) is 0 Å². The summed E-state index contributed by atoms with van der Waals surface area (Å²) in [5.41, 5.74) is 0.957. The van der Waals surface area contributed by atoms with Crippen molar-refractivity contribution in [3.8, 4) is 11.5 Å². The van der Waals surface area contributed by atoms with Crippen LogP contribution in [0.2, 0.25) is 0 Å². The summed E-state index contributed by atoms with van der Waals surface area (Å²) in [6, 6.07) is 9.97. The fourth-order valence-corrected chi connectivity index (χ4v) is 4.11. The molecule has 0 spiro atoms. The minimum absolute atomic E-state index is 0.187. The van der Waals surface area contributed by atoms with Crippen molar-refractivity contribution in [2.75, 3.05) is 27.3 Å². The molecule has 0 radical (unpaired) electrons. The number of carbonyl (C=O) groups is 1. The lowest BCUT2D eigenvalue weighted by Crippen LogP contribution is -2.38. The molecule has 24 heavy (non-hydrogen) atoms. The van der Waals surface area contributed by atoms with Gasteiger partial charge in [-0.1, -0.05) is 12.1 Å². The Morgan fingerprint density at radius 2 is 1.92 bits per heavy atom. The molecule has 0 saturated carbocycles. The maximum Gasteiger partial charge on any atom is 0.226 e. The molecule has 128 valence electrons. The summed E-state index contributed by atoms with van der Waals surface area (Å²) in [5, 5.41) is 2.13. The third kappa shape index (κ3) is 3.73. The quantitative estimate of drug-likeness (QED) is 0.829. The number of thiophene rings is 1. The van der Waals surface area contributed by atoms with Gasteiger partial charge in [0.25, 0.3) is 0 Å². The zero-order valence-corrected chi connectivity index (χ0v) is 15.0. The number of rotatable bonds is 5. The van der Waals surface area contributed by atoms with Gasteiger partial charge in [-0.3, -0.25) is 4.79 Å². The zero-order chi connectivity index (χ0) is 16.9. The first-order valence-corrected chi connectivity index (χ1v) is 9.11. The van der Waals surface area contributed by atoms with E-state index in [0.29, 0.717) is 23.8 Å². The Bertz CT molecular complexity index is 676. The molecule has 5 heteroatoms. The molecule has 2 heterocycles. The highest BCUT2D eigenvalue weighted by atomic mass is 32.1. The van der Waals surface area contributed by atoms with Crippen LogP contribution in [0.15, 0.2) is 35.7 Å². The Balaban J connectivity index is 1.58. The van der Waals surface area contributed by atoms with E-state index in [1.54, 1.807) is 14.2 Å². The molecule has 1 aromatic carbocycles. The molecule has 0 aliphatic carbocycles. The average molecular weight is 345 g/mol. The van der Waals surface area contributed by atoms with Crippen molar-refractivity contribution in [3.05, 3.63) is 46.2 Å². The number of hydrogen-bond donors (Lipinski definition) is 0. The van der Waals surface area contributed by atoms with Crippen LogP contribution < -0.4 is 9.47 Å². The second-order valence-corrected chi connectivity index (χ2v) is 7.02. The summed E-state index contributed by atoms with van der Waals surface area (Å²) in [6.45, 7) is 1.68. The van der Waals surface area contributed by atoms with Gasteiger partial charge in [-0.05, 0) is 47.9 Å². The van der Waals surface area contributed by atoms with Gasteiger partial charge in [0.15, 0.2) is 11.5 Å². The van der Waals surface area contributed by atoms with Gasteiger partial charge < -0.3 is 14.4 Å². The first-order valence-electron chi connectivity index (χ1n) is 8.23. The largest absolute Gasteiger partial charge is 0.493 e. The summed E-state index contributed by atoms with van der Waals surface area (Å²) in [5.74, 6) is 2.15. The van der Waals surface area contributed by atoms with Gasteiger partial charge in [0.1, 0.15) is 0 Å². The third-order valence-corrected chi connectivity index (χ3v) is 5.63. The first kappa shape index (κ1) is 16.8. The lowest BCUT2D eigenvalue weighted by molar-refractivity contribution is -0.131. The topological polar surface area (TPSA) is 38.8 Å². The van der Waals surface area contributed by atoms with Crippen molar-refractivity contribution in [1.82, 2.24) is 4.90 Å². The van der Waals surface area contributed by atoms with E-state index in [-0.39, 0.29) is 5.91 Å². The molecule has 0 N–H and O–H groups in total. The van der Waals surface area contributed by atoms with E-state index in [0.717, 1.165) is 31.5 Å². The molecule has 2 aromatic rings. The molecule has 1 saturated heterocycles. The van der Waals surface area contributed by atoms with Crippen molar-refractivity contribution in [2.24, 2.45) is 0 Å². The zero-order valence-electron chi connectivity index (χ0n) is 14.2. The molecular weight excluding hydrogens is 322 g/mol. The standard InChI is InChI=1S/C19H23NO3S/c1-22-16-6-5-14(12-17(16)23-2)13-19(21)20-9-7-15(8-10-20)18-4-3-11-24-18/h3-6,11-12,15H,7-10,13H2,1-2H3. The summed E-state index contributed by atoms with van der Waals surface area (Å²) in [7, 11) is 3.22. The molecule has 1 amide bonds. The second-order valence-electron chi connectivity index (χ2n) is 6.04. The predicted octanol–water partition coefficient (Wildman–Crippen LogP) is 3.71. The fraction of sp³-hybridized carbons (Fsp3) is 0.421. The smallest absolute Gasteiger partial charge is 0.226 e. The molecule has 1 fully saturated rings. The van der Waals surface area contributed by atoms with Crippen LogP contribution in [-0.4, -0.2) is 38.1 Å². The second kappa shape index (κ2) is 7.71. The molecule has 0 atom stereocenters. The summed E-state index contributed by atoms with van der Waals surface area (Å²) < 4.78 is 10.6. The number of likely N-dealkylation sites (tertiary alicyclic amines) is 1. The lowest BCUT2D eigenvalue weighted by atomic mass is 9.95.